The molecule has 0 saturated carbocycles. The number of H-pyrrole nitrogens is 1. The second kappa shape index (κ2) is 5.72. The average Bonchev–Trinajstić information content (AvgIpc) is 2.52. The molecule has 1 aromatic heterocycles. The molecule has 0 bridgehead atoms. The van der Waals surface area contributed by atoms with Crippen LogP contribution in [0, 0.1) is 6.92 Å². The van der Waals surface area contributed by atoms with Gasteiger partial charge in [-0.25, -0.2) is 0 Å². The van der Waals surface area contributed by atoms with Crippen molar-refractivity contribution in [1.82, 2.24) is 15.5 Å². The minimum Gasteiger partial charge on any atom is -0.380 e. The van der Waals surface area contributed by atoms with Crippen molar-refractivity contribution in [1.29, 1.82) is 0 Å². The molecule has 2 N–H and O–H groups in total. The lowest BCUT2D eigenvalue weighted by molar-refractivity contribution is 0.149. The predicted octanol–water partition coefficient (Wildman–Crippen LogP) is 0.844. The molecule has 0 amide bonds. The fourth-order valence-corrected chi connectivity index (χ4v) is 1.07. The molecule has 0 aliphatic rings. The van der Waals surface area contributed by atoms with Crippen molar-refractivity contribution in [2.75, 3.05) is 19.8 Å². The molecule has 0 fully saturated rings. The first-order valence-corrected chi connectivity index (χ1v) is 4.62. The van der Waals surface area contributed by atoms with Crippen LogP contribution in [0.4, 0.5) is 0 Å². The number of ether oxygens (including phenoxy) is 1. The quantitative estimate of drug-likeness (QED) is 0.643. The van der Waals surface area contributed by atoms with Crippen LogP contribution in [0.5, 0.6) is 0 Å². The van der Waals surface area contributed by atoms with Crippen LogP contribution in [0.1, 0.15) is 18.2 Å². The lowest BCUT2D eigenvalue weighted by Gasteiger charge is -2.03. The molecule has 0 spiro atoms. The van der Waals surface area contributed by atoms with E-state index in [1.165, 1.54) is 5.56 Å². The minimum absolute atomic E-state index is 0.771. The smallest absolute Gasteiger partial charge is 0.0590 e. The van der Waals surface area contributed by atoms with E-state index in [1.807, 2.05) is 20.0 Å². The topological polar surface area (TPSA) is 49.9 Å². The molecule has 1 rings (SSSR count). The molecule has 0 aliphatic carbocycles. The SMILES string of the molecule is CCOCCNCc1cn[nH]c1C. The van der Waals surface area contributed by atoms with Crippen molar-refractivity contribution in [2.45, 2.75) is 20.4 Å². The Kier molecular flexibility index (Phi) is 4.49. The van der Waals surface area contributed by atoms with Gasteiger partial charge in [0.05, 0.1) is 12.8 Å². The second-order valence-electron chi connectivity index (χ2n) is 2.89. The number of aromatic nitrogens is 2. The number of hydrogen-bond acceptors (Lipinski definition) is 3. The van der Waals surface area contributed by atoms with E-state index < -0.39 is 0 Å². The van der Waals surface area contributed by atoms with Gasteiger partial charge in [0.25, 0.3) is 0 Å². The lowest BCUT2D eigenvalue weighted by atomic mass is 10.3. The van der Waals surface area contributed by atoms with Crippen LogP contribution in [-0.2, 0) is 11.3 Å². The predicted molar refractivity (Wildman–Crippen MR) is 51.5 cm³/mol. The maximum Gasteiger partial charge on any atom is 0.0590 e. The van der Waals surface area contributed by atoms with Crippen molar-refractivity contribution in [3.63, 3.8) is 0 Å². The number of rotatable bonds is 6. The monoisotopic (exact) mass is 183 g/mol. The van der Waals surface area contributed by atoms with E-state index in [0.717, 1.165) is 32.0 Å². The van der Waals surface area contributed by atoms with E-state index in [4.69, 9.17) is 4.74 Å². The molecular formula is C9H17N3O. The summed E-state index contributed by atoms with van der Waals surface area (Å²) in [6.07, 6.45) is 1.85. The zero-order valence-electron chi connectivity index (χ0n) is 8.26. The number of aryl methyl sites for hydroxylation is 1. The van der Waals surface area contributed by atoms with Crippen molar-refractivity contribution >= 4 is 0 Å². The maximum atomic E-state index is 5.20. The summed E-state index contributed by atoms with van der Waals surface area (Å²) in [4.78, 5) is 0. The highest BCUT2D eigenvalue weighted by molar-refractivity contribution is 5.13. The minimum atomic E-state index is 0.771. The molecule has 4 heteroatoms. The first-order valence-electron chi connectivity index (χ1n) is 4.62. The Bertz CT molecular complexity index is 235. The average molecular weight is 183 g/mol. The van der Waals surface area contributed by atoms with Gasteiger partial charge >= 0.3 is 0 Å². The molecule has 0 saturated heterocycles. The van der Waals surface area contributed by atoms with Crippen LogP contribution in [0.25, 0.3) is 0 Å². The highest BCUT2D eigenvalue weighted by Crippen LogP contribution is 2.00. The van der Waals surface area contributed by atoms with Gasteiger partial charge in [0.1, 0.15) is 0 Å². The highest BCUT2D eigenvalue weighted by Gasteiger charge is 1.97. The summed E-state index contributed by atoms with van der Waals surface area (Å²) in [7, 11) is 0. The van der Waals surface area contributed by atoms with E-state index in [9.17, 15) is 0 Å². The largest absolute Gasteiger partial charge is 0.380 e. The maximum absolute atomic E-state index is 5.20. The summed E-state index contributed by atoms with van der Waals surface area (Å²) in [5.41, 5.74) is 2.35. The summed E-state index contributed by atoms with van der Waals surface area (Å²) >= 11 is 0. The summed E-state index contributed by atoms with van der Waals surface area (Å²) in [5.74, 6) is 0. The summed E-state index contributed by atoms with van der Waals surface area (Å²) in [6, 6.07) is 0. The fraction of sp³-hybridized carbons (Fsp3) is 0.667. The van der Waals surface area contributed by atoms with Crippen molar-refractivity contribution in [2.24, 2.45) is 0 Å². The highest BCUT2D eigenvalue weighted by atomic mass is 16.5. The van der Waals surface area contributed by atoms with Gasteiger partial charge in [0, 0.05) is 31.0 Å². The first kappa shape index (κ1) is 10.2. The lowest BCUT2D eigenvalue weighted by Crippen LogP contribution is -2.19. The number of nitrogens with one attached hydrogen (secondary N) is 2. The van der Waals surface area contributed by atoms with Crippen molar-refractivity contribution in [3.8, 4) is 0 Å². The van der Waals surface area contributed by atoms with Crippen LogP contribution >= 0.6 is 0 Å². The molecule has 0 unspecified atom stereocenters. The molecule has 74 valence electrons. The van der Waals surface area contributed by atoms with Crippen LogP contribution in [0.2, 0.25) is 0 Å². The third kappa shape index (κ3) is 3.57. The summed E-state index contributed by atoms with van der Waals surface area (Å²) < 4.78 is 5.20. The third-order valence-electron chi connectivity index (χ3n) is 1.88. The van der Waals surface area contributed by atoms with Crippen molar-refractivity contribution in [3.05, 3.63) is 17.5 Å². The van der Waals surface area contributed by atoms with Gasteiger partial charge < -0.3 is 10.1 Å². The van der Waals surface area contributed by atoms with Gasteiger partial charge in [-0.15, -0.1) is 0 Å². The van der Waals surface area contributed by atoms with E-state index in [0.29, 0.717) is 0 Å². The Hall–Kier alpha value is -0.870. The van der Waals surface area contributed by atoms with E-state index >= 15 is 0 Å². The molecule has 0 aromatic carbocycles. The number of nitrogens with zero attached hydrogens (tertiary/aromatic N) is 1. The van der Waals surface area contributed by atoms with Crippen LogP contribution in [-0.4, -0.2) is 30.0 Å². The molecule has 0 aliphatic heterocycles. The fourth-order valence-electron chi connectivity index (χ4n) is 1.07. The van der Waals surface area contributed by atoms with Gasteiger partial charge in [-0.2, -0.15) is 5.10 Å². The Morgan fingerprint density at radius 2 is 2.46 bits per heavy atom. The Morgan fingerprint density at radius 3 is 3.08 bits per heavy atom. The zero-order chi connectivity index (χ0) is 9.52. The Balaban J connectivity index is 2.10. The van der Waals surface area contributed by atoms with Crippen LogP contribution < -0.4 is 5.32 Å². The normalized spacial score (nSPS) is 10.6. The molecule has 4 nitrogen and oxygen atoms in total. The van der Waals surface area contributed by atoms with Crippen molar-refractivity contribution < 1.29 is 4.74 Å². The van der Waals surface area contributed by atoms with E-state index in [-0.39, 0.29) is 0 Å². The van der Waals surface area contributed by atoms with Gasteiger partial charge in [0.15, 0.2) is 0 Å². The zero-order valence-corrected chi connectivity index (χ0v) is 8.26. The Labute approximate surface area is 78.7 Å². The van der Waals surface area contributed by atoms with Gasteiger partial charge in [-0.1, -0.05) is 0 Å². The van der Waals surface area contributed by atoms with Crippen LogP contribution in [0.3, 0.4) is 0 Å². The molecule has 1 aromatic rings. The standard InChI is InChI=1S/C9H17N3O/c1-3-13-5-4-10-6-9-7-11-12-8(9)2/h7,10H,3-6H2,1-2H3,(H,11,12). The van der Waals surface area contributed by atoms with E-state index in [2.05, 4.69) is 15.5 Å². The van der Waals surface area contributed by atoms with E-state index in [1.54, 1.807) is 0 Å². The van der Waals surface area contributed by atoms with Gasteiger partial charge in [-0.3, -0.25) is 5.10 Å². The molecule has 0 atom stereocenters. The molecule has 1 heterocycles. The third-order valence-corrected chi connectivity index (χ3v) is 1.88. The number of aromatic amines is 1. The van der Waals surface area contributed by atoms with Crippen LogP contribution in [0.15, 0.2) is 6.20 Å². The van der Waals surface area contributed by atoms with Gasteiger partial charge in [-0.05, 0) is 13.8 Å². The molecular weight excluding hydrogens is 166 g/mol. The summed E-state index contributed by atoms with van der Waals surface area (Å²) in [6.45, 7) is 7.32. The summed E-state index contributed by atoms with van der Waals surface area (Å²) in [5, 5.41) is 10.1. The Morgan fingerprint density at radius 1 is 1.62 bits per heavy atom. The molecule has 0 radical (unpaired) electrons. The first-order chi connectivity index (χ1) is 6.34. The van der Waals surface area contributed by atoms with Gasteiger partial charge in [0.2, 0.25) is 0 Å². The second-order valence-corrected chi connectivity index (χ2v) is 2.89. The molecule has 13 heavy (non-hydrogen) atoms. The number of hydrogen-bond donors (Lipinski definition) is 2.